The molecule has 0 radical (unpaired) electrons. The Labute approximate surface area is 187 Å². The number of hydrogen-bond acceptors (Lipinski definition) is 5. The third kappa shape index (κ3) is 3.95. The van der Waals surface area contributed by atoms with Crippen LogP contribution >= 0.6 is 0 Å². The lowest BCUT2D eigenvalue weighted by atomic mass is 10.0. The molecule has 0 bridgehead atoms. The summed E-state index contributed by atoms with van der Waals surface area (Å²) in [7, 11) is 1.54. The summed E-state index contributed by atoms with van der Waals surface area (Å²) >= 11 is 0. The summed E-state index contributed by atoms with van der Waals surface area (Å²) in [5, 5.41) is 3.17. The van der Waals surface area contributed by atoms with E-state index >= 15 is 0 Å². The van der Waals surface area contributed by atoms with Crippen LogP contribution in [0.1, 0.15) is 18.1 Å². The monoisotopic (exact) mass is 428 g/mol. The van der Waals surface area contributed by atoms with Crippen molar-refractivity contribution in [3.8, 4) is 11.5 Å². The van der Waals surface area contributed by atoms with Crippen LogP contribution in [0.25, 0.3) is 5.57 Å². The van der Waals surface area contributed by atoms with Gasteiger partial charge in [-0.2, -0.15) is 0 Å². The number of para-hydroxylation sites is 1. The fourth-order valence-electron chi connectivity index (χ4n) is 3.72. The summed E-state index contributed by atoms with van der Waals surface area (Å²) in [5.74, 6) is 0.346. The standard InChI is InChI=1S/C26H24N2O4/c1-4-32-20-12-8-10-18(16-20)27-24-23(21-13-5-6-14-22(21)31-3)25(29)28(26(24)30)19-11-7-9-17(2)15-19/h5-16,27H,4H2,1-3H3. The summed E-state index contributed by atoms with van der Waals surface area (Å²) in [6.07, 6.45) is 0. The SMILES string of the molecule is CCOc1cccc(NC2=C(c3ccccc3OC)C(=O)N(c3cccc(C)c3)C2=O)c1. The zero-order chi connectivity index (χ0) is 22.7. The minimum Gasteiger partial charge on any atom is -0.496 e. The van der Waals surface area contributed by atoms with E-state index < -0.39 is 11.8 Å². The average molecular weight is 428 g/mol. The Morgan fingerprint density at radius 1 is 0.906 bits per heavy atom. The number of imide groups is 1. The second kappa shape index (κ2) is 8.98. The molecule has 0 saturated carbocycles. The molecule has 1 heterocycles. The van der Waals surface area contributed by atoms with Crippen molar-refractivity contribution >= 4 is 28.8 Å². The lowest BCUT2D eigenvalue weighted by Crippen LogP contribution is -2.32. The molecule has 3 aromatic carbocycles. The molecule has 0 fully saturated rings. The van der Waals surface area contributed by atoms with Gasteiger partial charge < -0.3 is 14.8 Å². The van der Waals surface area contributed by atoms with Crippen LogP contribution in [0.5, 0.6) is 11.5 Å². The van der Waals surface area contributed by atoms with E-state index in [4.69, 9.17) is 9.47 Å². The van der Waals surface area contributed by atoms with Crippen molar-refractivity contribution in [2.75, 3.05) is 23.9 Å². The van der Waals surface area contributed by atoms with Gasteiger partial charge in [-0.15, -0.1) is 0 Å². The van der Waals surface area contributed by atoms with Crippen LogP contribution in [0.3, 0.4) is 0 Å². The number of nitrogens with zero attached hydrogens (tertiary/aromatic N) is 1. The van der Waals surface area contributed by atoms with Crippen LogP contribution < -0.4 is 19.7 Å². The molecule has 6 heteroatoms. The number of anilines is 2. The number of rotatable bonds is 7. The number of methoxy groups -OCH3 is 1. The smallest absolute Gasteiger partial charge is 0.282 e. The normalized spacial score (nSPS) is 13.5. The van der Waals surface area contributed by atoms with Crippen LogP contribution in [-0.4, -0.2) is 25.5 Å². The van der Waals surface area contributed by atoms with Crippen molar-refractivity contribution in [1.29, 1.82) is 0 Å². The molecule has 0 aliphatic carbocycles. The highest BCUT2D eigenvalue weighted by Crippen LogP contribution is 2.37. The largest absolute Gasteiger partial charge is 0.496 e. The zero-order valence-corrected chi connectivity index (χ0v) is 18.2. The number of hydrogen-bond donors (Lipinski definition) is 1. The number of aryl methyl sites for hydroxylation is 1. The summed E-state index contributed by atoms with van der Waals surface area (Å²) in [4.78, 5) is 28.3. The van der Waals surface area contributed by atoms with Gasteiger partial charge in [-0.1, -0.05) is 36.4 Å². The average Bonchev–Trinajstić information content (AvgIpc) is 3.03. The molecule has 0 unspecified atom stereocenters. The minimum absolute atomic E-state index is 0.189. The summed E-state index contributed by atoms with van der Waals surface area (Å²) in [5.41, 5.74) is 3.11. The highest BCUT2D eigenvalue weighted by Gasteiger charge is 2.41. The van der Waals surface area contributed by atoms with Gasteiger partial charge in [-0.25, -0.2) is 4.90 Å². The number of nitrogens with one attached hydrogen (secondary N) is 1. The van der Waals surface area contributed by atoms with Crippen LogP contribution in [0.15, 0.2) is 78.5 Å². The maximum atomic E-state index is 13.6. The van der Waals surface area contributed by atoms with Gasteiger partial charge >= 0.3 is 0 Å². The number of ether oxygens (including phenoxy) is 2. The van der Waals surface area contributed by atoms with Gasteiger partial charge in [-0.3, -0.25) is 9.59 Å². The lowest BCUT2D eigenvalue weighted by Gasteiger charge is -2.16. The lowest BCUT2D eigenvalue weighted by molar-refractivity contribution is -0.120. The minimum atomic E-state index is -0.427. The molecule has 32 heavy (non-hydrogen) atoms. The molecule has 3 aromatic rings. The molecule has 0 atom stereocenters. The molecular formula is C26H24N2O4. The summed E-state index contributed by atoms with van der Waals surface area (Å²) in [6, 6.07) is 21.8. The number of carbonyl (C=O) groups excluding carboxylic acids is 2. The van der Waals surface area contributed by atoms with E-state index in [1.165, 1.54) is 12.0 Å². The van der Waals surface area contributed by atoms with Crippen molar-refractivity contribution in [3.05, 3.63) is 89.6 Å². The molecule has 1 aliphatic heterocycles. The third-order valence-electron chi connectivity index (χ3n) is 5.13. The Morgan fingerprint density at radius 2 is 1.69 bits per heavy atom. The first-order valence-electron chi connectivity index (χ1n) is 10.4. The molecule has 2 amide bonds. The molecule has 6 nitrogen and oxygen atoms in total. The first-order valence-corrected chi connectivity index (χ1v) is 10.4. The third-order valence-corrected chi connectivity index (χ3v) is 5.13. The number of carbonyl (C=O) groups is 2. The first kappa shape index (κ1) is 21.2. The molecule has 4 rings (SSSR count). The van der Waals surface area contributed by atoms with Gasteiger partial charge in [0.15, 0.2) is 0 Å². The maximum Gasteiger partial charge on any atom is 0.282 e. The maximum absolute atomic E-state index is 13.6. The van der Waals surface area contributed by atoms with Gasteiger partial charge in [0, 0.05) is 17.3 Å². The first-order chi connectivity index (χ1) is 15.5. The Kier molecular flexibility index (Phi) is 5.94. The highest BCUT2D eigenvalue weighted by atomic mass is 16.5. The van der Waals surface area contributed by atoms with E-state index in [-0.39, 0.29) is 11.3 Å². The van der Waals surface area contributed by atoms with Gasteiger partial charge in [0.1, 0.15) is 17.2 Å². The van der Waals surface area contributed by atoms with E-state index in [1.807, 2.05) is 62.4 Å². The molecular weight excluding hydrogens is 404 g/mol. The van der Waals surface area contributed by atoms with E-state index in [1.54, 1.807) is 24.3 Å². The van der Waals surface area contributed by atoms with E-state index in [2.05, 4.69) is 5.32 Å². The van der Waals surface area contributed by atoms with Gasteiger partial charge in [0.25, 0.3) is 11.8 Å². The van der Waals surface area contributed by atoms with Crippen molar-refractivity contribution < 1.29 is 19.1 Å². The fraction of sp³-hybridized carbons (Fsp3) is 0.154. The Balaban J connectivity index is 1.84. The Hall–Kier alpha value is -4.06. The van der Waals surface area contributed by atoms with Gasteiger partial charge in [0.2, 0.25) is 0 Å². The molecule has 162 valence electrons. The van der Waals surface area contributed by atoms with Crippen LogP contribution in [0.2, 0.25) is 0 Å². The topological polar surface area (TPSA) is 67.9 Å². The molecule has 1 N–H and O–H groups in total. The molecule has 0 saturated heterocycles. The Bertz CT molecular complexity index is 1220. The van der Waals surface area contributed by atoms with Crippen LogP contribution in [-0.2, 0) is 9.59 Å². The summed E-state index contributed by atoms with van der Waals surface area (Å²) < 4.78 is 11.1. The molecule has 1 aliphatic rings. The van der Waals surface area contributed by atoms with Crippen molar-refractivity contribution in [2.24, 2.45) is 0 Å². The predicted molar refractivity (Wildman–Crippen MR) is 125 cm³/mol. The molecule has 0 aromatic heterocycles. The summed E-state index contributed by atoms with van der Waals surface area (Å²) in [6.45, 7) is 4.35. The van der Waals surface area contributed by atoms with Crippen molar-refractivity contribution in [2.45, 2.75) is 13.8 Å². The number of amides is 2. The van der Waals surface area contributed by atoms with Gasteiger partial charge in [-0.05, 0) is 49.7 Å². The second-order valence-corrected chi connectivity index (χ2v) is 7.32. The molecule has 0 spiro atoms. The van der Waals surface area contributed by atoms with Crippen LogP contribution in [0.4, 0.5) is 11.4 Å². The van der Waals surface area contributed by atoms with Gasteiger partial charge in [0.05, 0.1) is 25.0 Å². The number of benzene rings is 3. The van der Waals surface area contributed by atoms with Crippen molar-refractivity contribution in [3.63, 3.8) is 0 Å². The van der Waals surface area contributed by atoms with E-state index in [0.29, 0.717) is 35.0 Å². The zero-order valence-electron chi connectivity index (χ0n) is 18.2. The second-order valence-electron chi connectivity index (χ2n) is 7.32. The van der Waals surface area contributed by atoms with E-state index in [9.17, 15) is 9.59 Å². The van der Waals surface area contributed by atoms with E-state index in [0.717, 1.165) is 5.56 Å². The Morgan fingerprint density at radius 3 is 2.44 bits per heavy atom. The van der Waals surface area contributed by atoms with Crippen molar-refractivity contribution in [1.82, 2.24) is 0 Å². The fourth-order valence-corrected chi connectivity index (χ4v) is 3.72. The van der Waals surface area contributed by atoms with Crippen LogP contribution in [0, 0.1) is 6.92 Å². The predicted octanol–water partition coefficient (Wildman–Crippen LogP) is 4.80. The highest BCUT2D eigenvalue weighted by molar-refractivity contribution is 6.46. The quantitative estimate of drug-likeness (QED) is 0.548.